The average molecular weight is 218 g/mol. The molecule has 0 radical (unpaired) electrons. The molecule has 1 aromatic rings. The van der Waals surface area contributed by atoms with Gasteiger partial charge in [-0.2, -0.15) is 0 Å². The predicted octanol–water partition coefficient (Wildman–Crippen LogP) is 2.60. The first kappa shape index (κ1) is 12.6. The largest absolute Gasteiger partial charge is 0.491 e. The van der Waals surface area contributed by atoms with Crippen LogP contribution in [0.3, 0.4) is 0 Å². The summed E-state index contributed by atoms with van der Waals surface area (Å²) >= 11 is 0. The molecule has 1 N–H and O–H groups in total. The quantitative estimate of drug-likeness (QED) is 0.787. The molecule has 1 rings (SSSR count). The second-order valence-electron chi connectivity index (χ2n) is 3.70. The number of rotatable bonds is 4. The zero-order valence-corrected chi connectivity index (χ0v) is 9.86. The van der Waals surface area contributed by atoms with E-state index < -0.39 is 0 Å². The highest BCUT2D eigenvalue weighted by Gasteiger charge is 2.01. The summed E-state index contributed by atoms with van der Waals surface area (Å²) in [6.07, 6.45) is 2.44. The first-order chi connectivity index (χ1) is 7.76. The Bertz CT molecular complexity index is 357. The van der Waals surface area contributed by atoms with Crippen LogP contribution in [-0.4, -0.2) is 17.8 Å². The van der Waals surface area contributed by atoms with E-state index in [1.807, 2.05) is 24.3 Å². The summed E-state index contributed by atoms with van der Waals surface area (Å²) in [7, 11) is 0. The molecule has 0 bridgehead atoms. The summed E-state index contributed by atoms with van der Waals surface area (Å²) in [6, 6.07) is 7.62. The van der Waals surface area contributed by atoms with Crippen molar-refractivity contribution in [1.82, 2.24) is 0 Å². The maximum absolute atomic E-state index is 8.56. The van der Waals surface area contributed by atoms with Crippen LogP contribution in [0.1, 0.15) is 32.3 Å². The Balaban J connectivity index is 2.57. The molecular formula is C14H18O2. The Morgan fingerprint density at radius 1 is 1.31 bits per heavy atom. The molecule has 1 atom stereocenters. The van der Waals surface area contributed by atoms with Gasteiger partial charge in [0.05, 0.1) is 6.10 Å². The van der Waals surface area contributed by atoms with Gasteiger partial charge < -0.3 is 9.84 Å². The van der Waals surface area contributed by atoms with Crippen molar-refractivity contribution < 1.29 is 9.84 Å². The maximum Gasteiger partial charge on any atom is 0.119 e. The maximum atomic E-state index is 8.56. The number of hydrogen-bond donors (Lipinski definition) is 1. The summed E-state index contributed by atoms with van der Waals surface area (Å²) in [5.74, 6) is 6.33. The van der Waals surface area contributed by atoms with Crippen LogP contribution in [0.15, 0.2) is 24.3 Å². The predicted molar refractivity (Wildman–Crippen MR) is 65.4 cm³/mol. The fourth-order valence-corrected chi connectivity index (χ4v) is 1.46. The Morgan fingerprint density at radius 2 is 2.00 bits per heavy atom. The van der Waals surface area contributed by atoms with E-state index >= 15 is 0 Å². The molecule has 0 saturated heterocycles. The van der Waals surface area contributed by atoms with E-state index in [0.29, 0.717) is 0 Å². The number of benzene rings is 1. The molecule has 86 valence electrons. The molecule has 16 heavy (non-hydrogen) atoms. The van der Waals surface area contributed by atoms with Gasteiger partial charge in [0.15, 0.2) is 0 Å². The normalized spacial score (nSPS) is 11.4. The molecule has 2 nitrogen and oxygen atoms in total. The highest BCUT2D eigenvalue weighted by atomic mass is 16.5. The van der Waals surface area contributed by atoms with Gasteiger partial charge in [0, 0.05) is 5.56 Å². The fourth-order valence-electron chi connectivity index (χ4n) is 1.46. The van der Waals surface area contributed by atoms with E-state index in [0.717, 1.165) is 24.2 Å². The van der Waals surface area contributed by atoms with E-state index in [1.165, 1.54) is 0 Å². The lowest BCUT2D eigenvalue weighted by Crippen LogP contribution is -2.10. The van der Waals surface area contributed by atoms with Gasteiger partial charge in [-0.05, 0) is 37.6 Å². The molecule has 1 unspecified atom stereocenters. The van der Waals surface area contributed by atoms with Gasteiger partial charge in [0.25, 0.3) is 0 Å². The van der Waals surface area contributed by atoms with E-state index in [9.17, 15) is 0 Å². The van der Waals surface area contributed by atoms with Gasteiger partial charge in [-0.15, -0.1) is 0 Å². The second-order valence-corrected chi connectivity index (χ2v) is 3.70. The highest BCUT2D eigenvalue weighted by molar-refractivity contribution is 5.38. The van der Waals surface area contributed by atoms with Gasteiger partial charge in [0.2, 0.25) is 0 Å². The topological polar surface area (TPSA) is 29.5 Å². The van der Waals surface area contributed by atoms with E-state index in [2.05, 4.69) is 25.7 Å². The highest BCUT2D eigenvalue weighted by Crippen LogP contribution is 2.14. The van der Waals surface area contributed by atoms with E-state index in [4.69, 9.17) is 9.84 Å². The van der Waals surface area contributed by atoms with Crippen molar-refractivity contribution in [3.63, 3.8) is 0 Å². The van der Waals surface area contributed by atoms with Gasteiger partial charge >= 0.3 is 0 Å². The Hall–Kier alpha value is -1.46. The van der Waals surface area contributed by atoms with Crippen molar-refractivity contribution >= 4 is 0 Å². The zero-order chi connectivity index (χ0) is 11.8. The lowest BCUT2D eigenvalue weighted by Gasteiger charge is -2.13. The van der Waals surface area contributed by atoms with Crippen molar-refractivity contribution in [3.8, 4) is 17.6 Å². The zero-order valence-electron chi connectivity index (χ0n) is 9.86. The summed E-state index contributed by atoms with van der Waals surface area (Å²) in [6.45, 7) is 4.11. The summed E-state index contributed by atoms with van der Waals surface area (Å²) < 4.78 is 5.72. The van der Waals surface area contributed by atoms with Crippen molar-refractivity contribution in [2.45, 2.75) is 32.8 Å². The monoisotopic (exact) mass is 218 g/mol. The van der Waals surface area contributed by atoms with Crippen molar-refractivity contribution in [2.24, 2.45) is 0 Å². The van der Waals surface area contributed by atoms with Crippen LogP contribution < -0.4 is 4.74 Å². The summed E-state index contributed by atoms with van der Waals surface area (Å²) in [5.41, 5.74) is 0.893. The molecule has 0 spiro atoms. The molecule has 0 aliphatic heterocycles. The SMILES string of the molecule is CCCC(C)Oc1ccc(C#CCO)cc1. The molecule has 0 heterocycles. The molecule has 2 heteroatoms. The van der Waals surface area contributed by atoms with E-state index in [-0.39, 0.29) is 12.7 Å². The minimum atomic E-state index is -0.105. The molecule has 1 aromatic carbocycles. The van der Waals surface area contributed by atoms with Crippen LogP contribution in [0.2, 0.25) is 0 Å². The average Bonchev–Trinajstić information content (AvgIpc) is 2.28. The Kier molecular flexibility index (Phi) is 5.45. The lowest BCUT2D eigenvalue weighted by molar-refractivity contribution is 0.210. The molecule has 0 saturated carbocycles. The van der Waals surface area contributed by atoms with Gasteiger partial charge in [0.1, 0.15) is 12.4 Å². The minimum absolute atomic E-state index is 0.105. The second kappa shape index (κ2) is 6.92. The van der Waals surface area contributed by atoms with Crippen LogP contribution in [0.4, 0.5) is 0 Å². The van der Waals surface area contributed by atoms with Crippen molar-refractivity contribution in [3.05, 3.63) is 29.8 Å². The number of hydrogen-bond acceptors (Lipinski definition) is 2. The van der Waals surface area contributed by atoms with Gasteiger partial charge in [-0.1, -0.05) is 25.2 Å². The molecule has 0 aliphatic carbocycles. The van der Waals surface area contributed by atoms with Gasteiger partial charge in [-0.3, -0.25) is 0 Å². The standard InChI is InChI=1S/C14H18O2/c1-3-5-12(2)16-14-9-7-13(8-10-14)6-4-11-15/h7-10,12,15H,3,5,11H2,1-2H3. The first-order valence-electron chi connectivity index (χ1n) is 5.62. The minimum Gasteiger partial charge on any atom is -0.491 e. The summed E-state index contributed by atoms with van der Waals surface area (Å²) in [5, 5.41) is 8.56. The van der Waals surface area contributed by atoms with Crippen LogP contribution in [0.25, 0.3) is 0 Å². The van der Waals surface area contributed by atoms with Crippen LogP contribution in [0, 0.1) is 11.8 Å². The van der Waals surface area contributed by atoms with Crippen LogP contribution in [0.5, 0.6) is 5.75 Å². The summed E-state index contributed by atoms with van der Waals surface area (Å²) in [4.78, 5) is 0. The Labute approximate surface area is 97.3 Å². The van der Waals surface area contributed by atoms with Crippen molar-refractivity contribution in [1.29, 1.82) is 0 Å². The number of ether oxygens (including phenoxy) is 1. The molecule has 0 fully saturated rings. The third kappa shape index (κ3) is 4.37. The smallest absolute Gasteiger partial charge is 0.119 e. The van der Waals surface area contributed by atoms with Crippen molar-refractivity contribution in [2.75, 3.05) is 6.61 Å². The molecule has 0 aliphatic rings. The van der Waals surface area contributed by atoms with Gasteiger partial charge in [-0.25, -0.2) is 0 Å². The lowest BCUT2D eigenvalue weighted by atomic mass is 10.2. The Morgan fingerprint density at radius 3 is 2.56 bits per heavy atom. The first-order valence-corrected chi connectivity index (χ1v) is 5.62. The van der Waals surface area contributed by atoms with E-state index in [1.54, 1.807) is 0 Å². The molecular weight excluding hydrogens is 200 g/mol. The van der Waals surface area contributed by atoms with Crippen LogP contribution in [-0.2, 0) is 0 Å². The third-order valence-corrected chi connectivity index (χ3v) is 2.20. The molecule has 0 amide bonds. The fraction of sp³-hybridized carbons (Fsp3) is 0.429. The molecule has 0 aromatic heterocycles. The number of aliphatic hydroxyl groups excluding tert-OH is 1. The third-order valence-electron chi connectivity index (χ3n) is 2.20. The number of aliphatic hydroxyl groups is 1. The van der Waals surface area contributed by atoms with Crippen LogP contribution >= 0.6 is 0 Å².